The topological polar surface area (TPSA) is 76.9 Å². The molecule has 3 aromatic rings. The third-order valence-corrected chi connectivity index (χ3v) is 3.92. The molecule has 1 aromatic carbocycles. The molecule has 6 heteroatoms. The number of nitrogens with zero attached hydrogens (tertiary/aromatic N) is 3. The Morgan fingerprint density at radius 2 is 1.88 bits per heavy atom. The maximum atomic E-state index is 12.4. The number of nitrogens with one attached hydrogen (secondary N) is 1. The first-order chi connectivity index (χ1) is 11.6. The third kappa shape index (κ3) is 3.03. The van der Waals surface area contributed by atoms with Gasteiger partial charge in [-0.1, -0.05) is 31.2 Å². The number of fused-ring (bicyclic) bond motifs is 1. The summed E-state index contributed by atoms with van der Waals surface area (Å²) < 4.78 is 1.34. The lowest BCUT2D eigenvalue weighted by Gasteiger charge is -2.08. The van der Waals surface area contributed by atoms with Crippen molar-refractivity contribution in [2.24, 2.45) is 7.05 Å². The van der Waals surface area contributed by atoms with E-state index in [-0.39, 0.29) is 5.69 Å². The number of carbonyl (C=O) groups excluding carboxylic acids is 1. The van der Waals surface area contributed by atoms with Gasteiger partial charge in [0.2, 0.25) is 0 Å². The zero-order valence-corrected chi connectivity index (χ0v) is 13.6. The molecule has 0 atom stereocenters. The highest BCUT2D eigenvalue weighted by Crippen LogP contribution is 2.07. The van der Waals surface area contributed by atoms with Gasteiger partial charge in [0, 0.05) is 19.8 Å². The van der Waals surface area contributed by atoms with Crippen LogP contribution in [0.3, 0.4) is 0 Å². The van der Waals surface area contributed by atoms with E-state index in [0.717, 1.165) is 12.0 Å². The van der Waals surface area contributed by atoms with Crippen molar-refractivity contribution in [3.05, 3.63) is 69.8 Å². The van der Waals surface area contributed by atoms with Crippen molar-refractivity contribution in [2.45, 2.75) is 19.9 Å². The highest BCUT2D eigenvalue weighted by molar-refractivity contribution is 5.93. The van der Waals surface area contributed by atoms with E-state index in [1.807, 2.05) is 24.3 Å². The Kier molecular flexibility index (Phi) is 4.37. The van der Waals surface area contributed by atoms with Crippen LogP contribution in [0.15, 0.2) is 47.4 Å². The van der Waals surface area contributed by atoms with Gasteiger partial charge in [0.1, 0.15) is 5.52 Å². The molecule has 122 valence electrons. The monoisotopic (exact) mass is 322 g/mol. The summed E-state index contributed by atoms with van der Waals surface area (Å²) in [6.45, 7) is 2.44. The van der Waals surface area contributed by atoms with Crippen LogP contribution in [0.2, 0.25) is 0 Å². The maximum absolute atomic E-state index is 12.4. The van der Waals surface area contributed by atoms with Crippen LogP contribution >= 0.6 is 0 Å². The fraction of sp³-hybridized carbons (Fsp3) is 0.222. The quantitative estimate of drug-likeness (QED) is 0.795. The van der Waals surface area contributed by atoms with Gasteiger partial charge in [0.15, 0.2) is 11.3 Å². The molecule has 0 fully saturated rings. The standard InChI is InChI=1S/C18H18N4O2/c1-3-12-6-8-13(9-7-12)11-20-17(23)15-18(24)22(2)16-14(21-15)5-4-10-19-16/h4-10H,3,11H2,1-2H3,(H,20,23). The molecule has 0 radical (unpaired) electrons. The molecule has 2 heterocycles. The highest BCUT2D eigenvalue weighted by Gasteiger charge is 2.16. The molecule has 6 nitrogen and oxygen atoms in total. The van der Waals surface area contributed by atoms with Gasteiger partial charge in [-0.3, -0.25) is 14.2 Å². The van der Waals surface area contributed by atoms with Gasteiger partial charge < -0.3 is 5.32 Å². The van der Waals surface area contributed by atoms with E-state index in [1.165, 1.54) is 10.1 Å². The van der Waals surface area contributed by atoms with Gasteiger partial charge in [0.05, 0.1) is 0 Å². The summed E-state index contributed by atoms with van der Waals surface area (Å²) in [5, 5.41) is 2.75. The fourth-order valence-corrected chi connectivity index (χ4v) is 2.46. The van der Waals surface area contributed by atoms with E-state index >= 15 is 0 Å². The summed E-state index contributed by atoms with van der Waals surface area (Å²) in [5.41, 5.74) is 2.59. The van der Waals surface area contributed by atoms with Gasteiger partial charge >= 0.3 is 0 Å². The molecule has 0 aliphatic heterocycles. The molecule has 1 amide bonds. The van der Waals surface area contributed by atoms with Crippen LogP contribution in [0.5, 0.6) is 0 Å². The molecule has 0 aliphatic rings. The number of carbonyl (C=O) groups is 1. The summed E-state index contributed by atoms with van der Waals surface area (Å²) in [6, 6.07) is 11.4. The number of pyridine rings is 1. The van der Waals surface area contributed by atoms with Crippen LogP contribution in [-0.4, -0.2) is 20.4 Å². The average Bonchev–Trinajstić information content (AvgIpc) is 2.63. The van der Waals surface area contributed by atoms with Gasteiger partial charge in [0.25, 0.3) is 11.5 Å². The number of benzene rings is 1. The Morgan fingerprint density at radius 3 is 2.58 bits per heavy atom. The van der Waals surface area contributed by atoms with Crippen LogP contribution < -0.4 is 10.9 Å². The Hall–Kier alpha value is -3.02. The predicted octanol–water partition coefficient (Wildman–Crippen LogP) is 1.82. The van der Waals surface area contributed by atoms with Gasteiger partial charge in [-0.15, -0.1) is 0 Å². The first kappa shape index (κ1) is 15.9. The number of amides is 1. The van der Waals surface area contributed by atoms with Crippen molar-refractivity contribution in [2.75, 3.05) is 0 Å². The second-order valence-electron chi connectivity index (χ2n) is 5.52. The van der Waals surface area contributed by atoms with Crippen LogP contribution in [0.25, 0.3) is 11.2 Å². The Labute approximate surface area is 139 Å². The van der Waals surface area contributed by atoms with Gasteiger partial charge in [-0.2, -0.15) is 0 Å². The summed E-state index contributed by atoms with van der Waals surface area (Å²) in [4.78, 5) is 33.0. The molecule has 2 aromatic heterocycles. The first-order valence-corrected chi connectivity index (χ1v) is 7.78. The fourth-order valence-electron chi connectivity index (χ4n) is 2.46. The third-order valence-electron chi connectivity index (χ3n) is 3.92. The summed E-state index contributed by atoms with van der Waals surface area (Å²) >= 11 is 0. The molecule has 0 bridgehead atoms. The summed E-state index contributed by atoms with van der Waals surface area (Å²) in [5.74, 6) is -0.485. The molecular formula is C18H18N4O2. The zero-order chi connectivity index (χ0) is 17.1. The predicted molar refractivity (Wildman–Crippen MR) is 91.8 cm³/mol. The van der Waals surface area contributed by atoms with Crippen LogP contribution in [0, 0.1) is 0 Å². The van der Waals surface area contributed by atoms with E-state index < -0.39 is 11.5 Å². The lowest BCUT2D eigenvalue weighted by molar-refractivity contribution is 0.0944. The second kappa shape index (κ2) is 6.62. The average molecular weight is 322 g/mol. The van der Waals surface area contributed by atoms with E-state index in [4.69, 9.17) is 0 Å². The second-order valence-corrected chi connectivity index (χ2v) is 5.52. The normalized spacial score (nSPS) is 10.8. The lowest BCUT2D eigenvalue weighted by atomic mass is 10.1. The molecule has 1 N–H and O–H groups in total. The van der Waals surface area contributed by atoms with Gasteiger partial charge in [-0.05, 0) is 29.7 Å². The minimum Gasteiger partial charge on any atom is -0.346 e. The maximum Gasteiger partial charge on any atom is 0.283 e. The zero-order valence-electron chi connectivity index (χ0n) is 13.6. The number of aromatic nitrogens is 3. The number of aryl methyl sites for hydroxylation is 2. The molecule has 0 aliphatic carbocycles. The molecule has 0 saturated heterocycles. The number of rotatable bonds is 4. The van der Waals surface area contributed by atoms with E-state index in [2.05, 4.69) is 22.2 Å². The number of hydrogen-bond acceptors (Lipinski definition) is 4. The molecule has 0 spiro atoms. The van der Waals surface area contributed by atoms with Crippen molar-refractivity contribution in [1.82, 2.24) is 19.9 Å². The van der Waals surface area contributed by atoms with E-state index in [9.17, 15) is 9.59 Å². The van der Waals surface area contributed by atoms with Crippen molar-refractivity contribution in [3.8, 4) is 0 Å². The van der Waals surface area contributed by atoms with Crippen molar-refractivity contribution >= 4 is 17.1 Å². The first-order valence-electron chi connectivity index (χ1n) is 7.78. The number of hydrogen-bond donors (Lipinski definition) is 1. The minimum absolute atomic E-state index is 0.122. The van der Waals surface area contributed by atoms with Crippen molar-refractivity contribution in [3.63, 3.8) is 0 Å². The summed E-state index contributed by atoms with van der Waals surface area (Å²) in [7, 11) is 1.58. The van der Waals surface area contributed by atoms with Crippen molar-refractivity contribution < 1.29 is 4.79 Å². The molecular weight excluding hydrogens is 304 g/mol. The lowest BCUT2D eigenvalue weighted by Crippen LogP contribution is -2.33. The Bertz CT molecular complexity index is 945. The minimum atomic E-state index is -0.485. The van der Waals surface area contributed by atoms with Crippen LogP contribution in [0.1, 0.15) is 28.5 Å². The molecule has 3 rings (SSSR count). The smallest absolute Gasteiger partial charge is 0.283 e. The molecule has 24 heavy (non-hydrogen) atoms. The van der Waals surface area contributed by atoms with Crippen molar-refractivity contribution in [1.29, 1.82) is 0 Å². The van der Waals surface area contributed by atoms with E-state index in [1.54, 1.807) is 25.4 Å². The SMILES string of the molecule is CCc1ccc(CNC(=O)c2nc3cccnc3n(C)c2=O)cc1. The Morgan fingerprint density at radius 1 is 1.17 bits per heavy atom. The Balaban J connectivity index is 1.83. The molecule has 0 saturated carbocycles. The highest BCUT2D eigenvalue weighted by atomic mass is 16.2. The van der Waals surface area contributed by atoms with Crippen LogP contribution in [0.4, 0.5) is 0 Å². The largest absolute Gasteiger partial charge is 0.346 e. The summed E-state index contributed by atoms with van der Waals surface area (Å²) in [6.07, 6.45) is 2.56. The van der Waals surface area contributed by atoms with Gasteiger partial charge in [-0.25, -0.2) is 9.97 Å². The van der Waals surface area contributed by atoms with E-state index in [0.29, 0.717) is 17.7 Å². The van der Waals surface area contributed by atoms with Crippen LogP contribution in [-0.2, 0) is 20.0 Å². The molecule has 0 unspecified atom stereocenters.